The number of rotatable bonds is 9. The van der Waals surface area contributed by atoms with E-state index in [2.05, 4.69) is 29.4 Å². The smallest absolute Gasteiger partial charge is 0.0966 e. The van der Waals surface area contributed by atoms with Crippen LogP contribution in [0.4, 0.5) is 0 Å². The molecule has 1 saturated heterocycles. The van der Waals surface area contributed by atoms with Gasteiger partial charge in [-0.1, -0.05) is 78.1 Å². The zero-order chi connectivity index (χ0) is 22.3. The zero-order valence-corrected chi connectivity index (χ0v) is 21.7. The van der Waals surface area contributed by atoms with E-state index in [0.29, 0.717) is 0 Å². The van der Waals surface area contributed by atoms with Crippen LogP contribution in [0.5, 0.6) is 0 Å². The fraction of sp³-hybridized carbons (Fsp3) is 1.00. The van der Waals surface area contributed by atoms with Crippen molar-refractivity contribution in [3.05, 3.63) is 0 Å². The fourth-order valence-corrected chi connectivity index (χ4v) is 5.49. The number of nitrogens with one attached hydrogen (secondary N) is 1. The molecular formula is C26H51CuN3O2. The molecule has 3 rings (SSSR count). The Bertz CT molecular complexity index is 442. The van der Waals surface area contributed by atoms with Gasteiger partial charge in [0.05, 0.1) is 24.3 Å². The number of nitrogens with zero attached hydrogens (tertiary/aromatic N) is 2. The molecule has 0 aromatic rings. The van der Waals surface area contributed by atoms with Gasteiger partial charge in [-0.3, -0.25) is 0 Å². The Hall–Kier alpha value is -0.000519. The van der Waals surface area contributed by atoms with Crippen LogP contribution in [0.1, 0.15) is 117 Å². The van der Waals surface area contributed by atoms with E-state index in [9.17, 15) is 10.2 Å². The molecule has 6 heteroatoms. The van der Waals surface area contributed by atoms with Crippen LogP contribution in [0.25, 0.3) is 0 Å². The summed E-state index contributed by atoms with van der Waals surface area (Å²) < 4.78 is 0. The molecule has 2 saturated carbocycles. The Kier molecular flexibility index (Phi) is 17.2. The normalized spacial score (nSPS) is 29.4. The second-order valence-corrected chi connectivity index (χ2v) is 10.2. The molecule has 0 spiro atoms. The van der Waals surface area contributed by atoms with Gasteiger partial charge in [-0.15, -0.1) is 0 Å². The van der Waals surface area contributed by atoms with E-state index >= 15 is 0 Å². The molecule has 4 unspecified atom stereocenters. The van der Waals surface area contributed by atoms with E-state index in [1.165, 1.54) is 64.5 Å². The first-order chi connectivity index (χ1) is 15.2. The molecule has 3 fully saturated rings. The molecule has 4 atom stereocenters. The molecule has 3 aliphatic rings. The average Bonchev–Trinajstić information content (AvgIpc) is 2.81. The minimum Gasteiger partial charge on any atom is -0.391 e. The third kappa shape index (κ3) is 11.4. The van der Waals surface area contributed by atoms with Crippen molar-refractivity contribution in [2.45, 2.75) is 141 Å². The zero-order valence-electron chi connectivity index (χ0n) is 20.8. The third-order valence-corrected chi connectivity index (χ3v) is 7.66. The standard InChI is InChI=1S/C14H29N.C12H22N2O2.Cu/c1-3-5-7-13(8-6-4-2)14-9-11-15-12-10-14;15-11-7-3-1-5-9(11)13-14-10-6-2-4-8-12(10)16;/h13-15H,3-12H2,1-2H3;9-12,15-16H,1-8H2;. The quantitative estimate of drug-likeness (QED) is 0.267. The Labute approximate surface area is 208 Å². The van der Waals surface area contributed by atoms with Crippen LogP contribution in [-0.2, 0) is 17.1 Å². The van der Waals surface area contributed by atoms with Crippen molar-refractivity contribution in [2.75, 3.05) is 13.1 Å². The maximum Gasteiger partial charge on any atom is 0.0966 e. The van der Waals surface area contributed by atoms with Gasteiger partial charge in [0.2, 0.25) is 0 Å². The van der Waals surface area contributed by atoms with E-state index in [1.54, 1.807) is 0 Å². The second kappa shape index (κ2) is 18.3. The summed E-state index contributed by atoms with van der Waals surface area (Å²) in [5, 5.41) is 31.5. The Morgan fingerprint density at radius 2 is 1.16 bits per heavy atom. The van der Waals surface area contributed by atoms with Crippen LogP contribution in [0.15, 0.2) is 10.2 Å². The van der Waals surface area contributed by atoms with E-state index in [-0.39, 0.29) is 41.4 Å². The SMILES string of the molecule is CCCCC(CCCC)C1CCNCC1.OC1CCCCC1N=NC1CCCCC1O.[Cu]. The minimum atomic E-state index is -0.321. The van der Waals surface area contributed by atoms with Crippen LogP contribution in [0.2, 0.25) is 0 Å². The topological polar surface area (TPSA) is 77.2 Å². The monoisotopic (exact) mass is 500 g/mol. The van der Waals surface area contributed by atoms with Gasteiger partial charge < -0.3 is 15.5 Å². The Morgan fingerprint density at radius 1 is 0.719 bits per heavy atom. The van der Waals surface area contributed by atoms with Crippen LogP contribution >= 0.6 is 0 Å². The van der Waals surface area contributed by atoms with E-state index < -0.39 is 0 Å². The molecule has 3 N–H and O–H groups in total. The van der Waals surface area contributed by atoms with Gasteiger partial charge in [-0.05, 0) is 63.5 Å². The first kappa shape index (κ1) is 30.0. The minimum absolute atomic E-state index is 0. The van der Waals surface area contributed by atoms with Gasteiger partial charge in [-0.25, -0.2) is 0 Å². The molecule has 0 aromatic carbocycles. The number of azo groups is 1. The van der Waals surface area contributed by atoms with Gasteiger partial charge >= 0.3 is 0 Å². The molecule has 2 aliphatic carbocycles. The first-order valence-electron chi connectivity index (χ1n) is 13.6. The number of hydrogen-bond acceptors (Lipinski definition) is 5. The van der Waals surface area contributed by atoms with Crippen molar-refractivity contribution in [2.24, 2.45) is 22.1 Å². The number of aliphatic hydroxyl groups is 2. The summed E-state index contributed by atoms with van der Waals surface area (Å²) in [6.45, 7) is 7.16. The van der Waals surface area contributed by atoms with Crippen molar-refractivity contribution < 1.29 is 27.3 Å². The first-order valence-corrected chi connectivity index (χ1v) is 13.6. The molecule has 193 valence electrons. The van der Waals surface area contributed by atoms with E-state index in [0.717, 1.165) is 63.2 Å². The van der Waals surface area contributed by atoms with Crippen LogP contribution in [0.3, 0.4) is 0 Å². The maximum atomic E-state index is 9.75. The summed E-state index contributed by atoms with van der Waals surface area (Å²) in [5.74, 6) is 2.07. The van der Waals surface area contributed by atoms with Crippen molar-refractivity contribution in [3.63, 3.8) is 0 Å². The maximum absolute atomic E-state index is 9.75. The summed E-state index contributed by atoms with van der Waals surface area (Å²) >= 11 is 0. The van der Waals surface area contributed by atoms with Crippen LogP contribution in [0, 0.1) is 11.8 Å². The number of aliphatic hydroxyl groups excluding tert-OH is 2. The van der Waals surface area contributed by atoms with Gasteiger partial charge in [-0.2, -0.15) is 10.2 Å². The van der Waals surface area contributed by atoms with Crippen LogP contribution < -0.4 is 5.32 Å². The van der Waals surface area contributed by atoms with Crippen molar-refractivity contribution in [1.29, 1.82) is 0 Å². The van der Waals surface area contributed by atoms with Gasteiger partial charge in [0.15, 0.2) is 0 Å². The summed E-state index contributed by atoms with van der Waals surface area (Å²) in [4.78, 5) is 0. The van der Waals surface area contributed by atoms with E-state index in [4.69, 9.17) is 0 Å². The predicted molar refractivity (Wildman–Crippen MR) is 130 cm³/mol. The van der Waals surface area contributed by atoms with Crippen molar-refractivity contribution in [3.8, 4) is 0 Å². The molecule has 1 radical (unpaired) electrons. The van der Waals surface area contributed by atoms with Crippen LogP contribution in [-0.4, -0.2) is 47.6 Å². The predicted octanol–water partition coefficient (Wildman–Crippen LogP) is 6.03. The summed E-state index contributed by atoms with van der Waals surface area (Å²) in [6.07, 6.45) is 18.8. The molecule has 0 aromatic heterocycles. The average molecular weight is 501 g/mol. The summed E-state index contributed by atoms with van der Waals surface area (Å²) in [7, 11) is 0. The fourth-order valence-electron chi connectivity index (χ4n) is 5.49. The summed E-state index contributed by atoms with van der Waals surface area (Å²) in [6, 6.07) is -0.0502. The molecule has 5 nitrogen and oxygen atoms in total. The Morgan fingerprint density at radius 3 is 1.56 bits per heavy atom. The molecule has 32 heavy (non-hydrogen) atoms. The summed E-state index contributed by atoms with van der Waals surface area (Å²) in [5.41, 5.74) is 0. The molecule has 1 heterocycles. The van der Waals surface area contributed by atoms with Gasteiger partial charge in [0.1, 0.15) is 0 Å². The molecule has 1 aliphatic heterocycles. The van der Waals surface area contributed by atoms with Crippen molar-refractivity contribution in [1.82, 2.24) is 5.32 Å². The largest absolute Gasteiger partial charge is 0.391 e. The van der Waals surface area contributed by atoms with Gasteiger partial charge in [0, 0.05) is 17.1 Å². The van der Waals surface area contributed by atoms with E-state index in [1.807, 2.05) is 0 Å². The third-order valence-electron chi connectivity index (χ3n) is 7.66. The molecular weight excluding hydrogens is 450 g/mol. The number of unbranched alkanes of at least 4 members (excludes halogenated alkanes) is 2. The molecule has 0 bridgehead atoms. The van der Waals surface area contributed by atoms with Gasteiger partial charge in [0.25, 0.3) is 0 Å². The number of hydrogen-bond donors (Lipinski definition) is 3. The Balaban J connectivity index is 0.000000311. The molecule has 0 amide bonds. The second-order valence-electron chi connectivity index (χ2n) is 10.2. The number of piperidine rings is 1. The van der Waals surface area contributed by atoms with Crippen molar-refractivity contribution >= 4 is 0 Å².